The zero-order valence-corrected chi connectivity index (χ0v) is 11.9. The first kappa shape index (κ1) is 14.3. The highest BCUT2D eigenvalue weighted by molar-refractivity contribution is 5.87. The van der Waals surface area contributed by atoms with Crippen molar-refractivity contribution in [1.82, 2.24) is 10.2 Å². The Morgan fingerprint density at radius 3 is 2.70 bits per heavy atom. The van der Waals surface area contributed by atoms with Crippen LogP contribution in [-0.2, 0) is 11.3 Å². The van der Waals surface area contributed by atoms with Gasteiger partial charge in [0, 0.05) is 19.2 Å². The summed E-state index contributed by atoms with van der Waals surface area (Å²) in [6, 6.07) is 11.6. The van der Waals surface area contributed by atoms with Gasteiger partial charge in [-0.2, -0.15) is 0 Å². The summed E-state index contributed by atoms with van der Waals surface area (Å²) in [5.74, 6) is 0.255. The van der Waals surface area contributed by atoms with Crippen molar-refractivity contribution in [3.63, 3.8) is 0 Å². The number of phenolic OH excluding ortho intramolecular Hbond substituents is 1. The molecular weight excluding hydrogens is 252 g/mol. The third kappa shape index (κ3) is 3.08. The third-order valence-corrected chi connectivity index (χ3v) is 3.49. The van der Waals surface area contributed by atoms with Crippen molar-refractivity contribution in [2.75, 3.05) is 20.1 Å². The lowest BCUT2D eigenvalue weighted by Gasteiger charge is -2.21. The van der Waals surface area contributed by atoms with Crippen molar-refractivity contribution in [2.45, 2.75) is 13.5 Å². The minimum absolute atomic E-state index is 0.0217. The molecule has 0 aliphatic rings. The molecule has 106 valence electrons. The highest BCUT2D eigenvalue weighted by atomic mass is 16.3. The highest BCUT2D eigenvalue weighted by Crippen LogP contribution is 2.28. The molecule has 0 heterocycles. The van der Waals surface area contributed by atoms with Crippen molar-refractivity contribution in [3.05, 3.63) is 42.0 Å². The topological polar surface area (TPSA) is 52.6 Å². The number of nitrogens with one attached hydrogen (secondary N) is 1. The molecule has 0 aliphatic heterocycles. The van der Waals surface area contributed by atoms with Crippen LogP contribution >= 0.6 is 0 Å². The number of amides is 1. The normalized spacial score (nSPS) is 10.9. The van der Waals surface area contributed by atoms with Crippen LogP contribution in [0, 0.1) is 0 Å². The summed E-state index contributed by atoms with van der Waals surface area (Å²) in [5, 5.41) is 14.9. The Hall–Kier alpha value is -2.07. The van der Waals surface area contributed by atoms with Gasteiger partial charge >= 0.3 is 0 Å². The fourth-order valence-electron chi connectivity index (χ4n) is 2.28. The number of rotatable bonds is 5. The second-order valence-electron chi connectivity index (χ2n) is 4.76. The number of carbonyl (C=O) groups excluding carboxylic acids is 1. The minimum atomic E-state index is -0.0217. The van der Waals surface area contributed by atoms with Gasteiger partial charge in [-0.1, -0.05) is 37.3 Å². The Kier molecular flexibility index (Phi) is 4.58. The summed E-state index contributed by atoms with van der Waals surface area (Å²) in [6.45, 7) is 3.63. The van der Waals surface area contributed by atoms with Gasteiger partial charge in [0.2, 0.25) is 5.91 Å². The summed E-state index contributed by atoms with van der Waals surface area (Å²) in [5.41, 5.74) is 0.869. The first-order valence-electron chi connectivity index (χ1n) is 6.78. The number of likely N-dealkylation sites (N-methyl/N-ethyl adjacent to an activating group) is 2. The number of fused-ring (bicyclic) bond motifs is 1. The van der Waals surface area contributed by atoms with Crippen LogP contribution in [-0.4, -0.2) is 36.1 Å². The summed E-state index contributed by atoms with van der Waals surface area (Å²) in [6.07, 6.45) is 0. The summed E-state index contributed by atoms with van der Waals surface area (Å²) in [7, 11) is 1.63. The molecule has 4 nitrogen and oxygen atoms in total. The van der Waals surface area contributed by atoms with Gasteiger partial charge in [0.15, 0.2) is 0 Å². The number of benzene rings is 2. The molecule has 20 heavy (non-hydrogen) atoms. The molecule has 0 saturated carbocycles. The molecule has 0 aliphatic carbocycles. The standard InChI is InChI=1S/C16H20N2O2/c1-3-18(11-16(20)17-2)10-14-13-7-5-4-6-12(13)8-9-15(14)19/h4-9,19H,3,10-11H2,1-2H3,(H,17,20). The van der Waals surface area contributed by atoms with E-state index in [1.54, 1.807) is 13.1 Å². The number of nitrogens with zero attached hydrogens (tertiary/aromatic N) is 1. The Balaban J connectivity index is 2.32. The molecule has 0 spiro atoms. The molecule has 2 N–H and O–H groups in total. The van der Waals surface area contributed by atoms with E-state index in [4.69, 9.17) is 0 Å². The predicted octanol–water partition coefficient (Wildman–Crippen LogP) is 2.11. The lowest BCUT2D eigenvalue weighted by molar-refractivity contribution is -0.121. The zero-order chi connectivity index (χ0) is 14.5. The first-order valence-corrected chi connectivity index (χ1v) is 6.78. The molecule has 0 atom stereocenters. The molecule has 0 radical (unpaired) electrons. The van der Waals surface area contributed by atoms with E-state index in [-0.39, 0.29) is 11.7 Å². The van der Waals surface area contributed by atoms with E-state index >= 15 is 0 Å². The molecule has 0 fully saturated rings. The maximum atomic E-state index is 11.5. The fraction of sp³-hybridized carbons (Fsp3) is 0.312. The Morgan fingerprint density at radius 1 is 1.25 bits per heavy atom. The fourth-order valence-corrected chi connectivity index (χ4v) is 2.28. The summed E-state index contributed by atoms with van der Waals surface area (Å²) in [4.78, 5) is 13.5. The lowest BCUT2D eigenvalue weighted by atomic mass is 10.0. The number of carbonyl (C=O) groups is 1. The number of aromatic hydroxyl groups is 1. The zero-order valence-electron chi connectivity index (χ0n) is 11.9. The highest BCUT2D eigenvalue weighted by Gasteiger charge is 2.13. The van der Waals surface area contributed by atoms with Crippen molar-refractivity contribution in [3.8, 4) is 5.75 Å². The van der Waals surface area contributed by atoms with Crippen molar-refractivity contribution in [2.24, 2.45) is 0 Å². The van der Waals surface area contributed by atoms with Crippen molar-refractivity contribution in [1.29, 1.82) is 0 Å². The van der Waals surface area contributed by atoms with Crippen LogP contribution < -0.4 is 5.32 Å². The van der Waals surface area contributed by atoms with E-state index in [9.17, 15) is 9.90 Å². The molecular formula is C16H20N2O2. The Bertz CT molecular complexity index is 610. The van der Waals surface area contributed by atoms with E-state index in [2.05, 4.69) is 5.32 Å². The molecule has 4 heteroatoms. The predicted molar refractivity (Wildman–Crippen MR) is 80.6 cm³/mol. The van der Waals surface area contributed by atoms with Gasteiger partial charge in [-0.15, -0.1) is 0 Å². The molecule has 1 amide bonds. The van der Waals surface area contributed by atoms with Crippen LogP contribution in [0.5, 0.6) is 5.75 Å². The first-order chi connectivity index (χ1) is 9.65. The monoisotopic (exact) mass is 272 g/mol. The maximum Gasteiger partial charge on any atom is 0.233 e. The summed E-state index contributed by atoms with van der Waals surface area (Å²) >= 11 is 0. The molecule has 0 aromatic heterocycles. The van der Waals surface area contributed by atoms with Crippen molar-refractivity contribution >= 4 is 16.7 Å². The molecule has 0 bridgehead atoms. The van der Waals surface area contributed by atoms with E-state index in [0.29, 0.717) is 13.1 Å². The second kappa shape index (κ2) is 6.39. The number of hydrogen-bond donors (Lipinski definition) is 2. The minimum Gasteiger partial charge on any atom is -0.508 e. The van der Waals surface area contributed by atoms with Gasteiger partial charge in [-0.05, 0) is 23.4 Å². The quantitative estimate of drug-likeness (QED) is 0.876. The molecule has 0 saturated heterocycles. The largest absolute Gasteiger partial charge is 0.508 e. The van der Waals surface area contributed by atoms with Gasteiger partial charge in [0.1, 0.15) is 5.75 Å². The maximum absolute atomic E-state index is 11.5. The molecule has 0 unspecified atom stereocenters. The van der Waals surface area contributed by atoms with Crippen LogP contribution in [0.2, 0.25) is 0 Å². The summed E-state index contributed by atoms with van der Waals surface area (Å²) < 4.78 is 0. The second-order valence-corrected chi connectivity index (χ2v) is 4.76. The lowest BCUT2D eigenvalue weighted by Crippen LogP contribution is -2.35. The van der Waals surface area contributed by atoms with Gasteiger partial charge in [-0.3, -0.25) is 9.69 Å². The van der Waals surface area contributed by atoms with Crippen LogP contribution in [0.15, 0.2) is 36.4 Å². The van der Waals surface area contributed by atoms with E-state index in [1.807, 2.05) is 42.2 Å². The van der Waals surface area contributed by atoms with E-state index in [1.165, 1.54) is 0 Å². The van der Waals surface area contributed by atoms with Gasteiger partial charge in [0.05, 0.1) is 6.54 Å². The SMILES string of the molecule is CCN(CC(=O)NC)Cc1c(O)ccc2ccccc12. The molecule has 2 aromatic carbocycles. The molecule has 2 rings (SSSR count). The van der Waals surface area contributed by atoms with Crippen LogP contribution in [0.4, 0.5) is 0 Å². The Labute approximate surface area is 119 Å². The average molecular weight is 272 g/mol. The van der Waals surface area contributed by atoms with Crippen LogP contribution in [0.25, 0.3) is 10.8 Å². The smallest absolute Gasteiger partial charge is 0.233 e. The van der Waals surface area contributed by atoms with Crippen LogP contribution in [0.3, 0.4) is 0 Å². The van der Waals surface area contributed by atoms with Gasteiger partial charge in [0.25, 0.3) is 0 Å². The van der Waals surface area contributed by atoms with Crippen LogP contribution in [0.1, 0.15) is 12.5 Å². The van der Waals surface area contributed by atoms with E-state index in [0.717, 1.165) is 22.9 Å². The van der Waals surface area contributed by atoms with E-state index < -0.39 is 0 Å². The third-order valence-electron chi connectivity index (χ3n) is 3.49. The Morgan fingerprint density at radius 2 is 2.00 bits per heavy atom. The van der Waals surface area contributed by atoms with Gasteiger partial charge in [-0.25, -0.2) is 0 Å². The molecule has 2 aromatic rings. The average Bonchev–Trinajstić information content (AvgIpc) is 2.48. The number of phenols is 1. The van der Waals surface area contributed by atoms with Crippen molar-refractivity contribution < 1.29 is 9.90 Å². The van der Waals surface area contributed by atoms with Gasteiger partial charge < -0.3 is 10.4 Å². The number of hydrogen-bond acceptors (Lipinski definition) is 3.